The van der Waals surface area contributed by atoms with Crippen molar-refractivity contribution in [2.45, 2.75) is 96.3 Å². The fourth-order valence-electron chi connectivity index (χ4n) is 4.69. The highest BCUT2D eigenvalue weighted by molar-refractivity contribution is 8.00. The van der Waals surface area contributed by atoms with Crippen LogP contribution < -0.4 is 10.1 Å². The number of amides is 1. The topological polar surface area (TPSA) is 105 Å². The Hall–Kier alpha value is -3.01. The first-order valence-corrected chi connectivity index (χ1v) is 15.0. The highest BCUT2D eigenvalue weighted by atomic mass is 32.2. The third kappa shape index (κ3) is 8.02. The maximum Gasteiger partial charge on any atom is 0.410 e. The van der Waals surface area contributed by atoms with Crippen LogP contribution in [0.3, 0.4) is 0 Å². The second-order valence-corrected chi connectivity index (χ2v) is 14.5. The van der Waals surface area contributed by atoms with Gasteiger partial charge in [-0.3, -0.25) is 5.10 Å². The Kier molecular flexibility index (Phi) is 9.17. The predicted octanol–water partition coefficient (Wildman–Crippen LogP) is 7.41. The predicted molar refractivity (Wildman–Crippen MR) is 162 cm³/mol. The van der Waals surface area contributed by atoms with E-state index in [0.717, 1.165) is 83.2 Å². The molecule has 1 fully saturated rings. The van der Waals surface area contributed by atoms with Crippen molar-refractivity contribution in [1.29, 1.82) is 0 Å². The van der Waals surface area contributed by atoms with Gasteiger partial charge < -0.3 is 19.7 Å². The van der Waals surface area contributed by atoms with Crippen LogP contribution in [0.4, 0.5) is 16.4 Å². The summed E-state index contributed by atoms with van der Waals surface area (Å²) in [6.07, 6.45) is 5.42. The molecule has 218 valence electrons. The first-order valence-electron chi connectivity index (χ1n) is 14.2. The number of carbonyl (C=O) groups is 1. The number of aryl methyl sites for hydroxylation is 1. The van der Waals surface area contributed by atoms with Crippen LogP contribution in [0, 0.1) is 19.8 Å². The molecule has 4 rings (SSSR count). The minimum Gasteiger partial charge on any atom is -0.492 e. The first kappa shape index (κ1) is 30.0. The third-order valence-electron chi connectivity index (χ3n) is 6.89. The number of thioether (sulfide) groups is 1. The number of H-pyrrole nitrogens is 1. The molecule has 0 atom stereocenters. The molecular formula is C30H44N6O3S. The molecule has 9 nitrogen and oxygen atoms in total. The second-order valence-electron chi connectivity index (χ2n) is 12.6. The van der Waals surface area contributed by atoms with Crippen LogP contribution in [0.15, 0.2) is 23.4 Å². The lowest BCUT2D eigenvalue weighted by Gasteiger charge is -2.33. The number of piperidine rings is 1. The zero-order chi connectivity index (χ0) is 29.1. The van der Waals surface area contributed by atoms with E-state index in [1.54, 1.807) is 18.1 Å². The Morgan fingerprint density at radius 3 is 2.45 bits per heavy atom. The number of benzene rings is 1. The zero-order valence-electron chi connectivity index (χ0n) is 25.2. The Labute approximate surface area is 242 Å². The maximum absolute atomic E-state index is 12.4. The number of hydrogen-bond acceptors (Lipinski definition) is 8. The number of fused-ring (bicyclic) bond motifs is 1. The number of aromatic nitrogens is 4. The van der Waals surface area contributed by atoms with Gasteiger partial charge in [0.05, 0.1) is 17.0 Å². The number of nitrogens with one attached hydrogen (secondary N) is 2. The van der Waals surface area contributed by atoms with Crippen molar-refractivity contribution in [3.05, 3.63) is 29.7 Å². The lowest BCUT2D eigenvalue weighted by molar-refractivity contribution is 0.0179. The van der Waals surface area contributed by atoms with Crippen molar-refractivity contribution < 1.29 is 14.3 Å². The van der Waals surface area contributed by atoms with Gasteiger partial charge in [-0.2, -0.15) is 5.10 Å². The average molecular weight is 569 g/mol. The van der Waals surface area contributed by atoms with Gasteiger partial charge in [0.15, 0.2) is 5.82 Å². The van der Waals surface area contributed by atoms with Gasteiger partial charge in [0, 0.05) is 40.5 Å². The number of carbonyl (C=O) groups excluding carboxylic acids is 1. The summed E-state index contributed by atoms with van der Waals surface area (Å²) in [5, 5.41) is 11.7. The Morgan fingerprint density at radius 1 is 1.10 bits per heavy atom. The van der Waals surface area contributed by atoms with E-state index in [1.807, 2.05) is 45.6 Å². The van der Waals surface area contributed by atoms with Crippen LogP contribution in [0.2, 0.25) is 0 Å². The number of aromatic amines is 1. The molecule has 3 aromatic rings. The smallest absolute Gasteiger partial charge is 0.410 e. The highest BCUT2D eigenvalue weighted by Crippen LogP contribution is 2.41. The molecule has 1 aliphatic rings. The van der Waals surface area contributed by atoms with Gasteiger partial charge in [0.1, 0.15) is 23.5 Å². The summed E-state index contributed by atoms with van der Waals surface area (Å²) >= 11 is 1.78. The standard InChI is InChI=1S/C30H44N6O3S/c1-19-20(2)34-35-26(19)33-27-22-16-25(40-30(6,7)8)24(17-23(22)31-18-32-27)38-15-9-10-21-11-13-36(14-12-21)28(37)39-29(3,4)5/h16-18,21H,9-15H2,1-8H3,(H2,31,32,33,34,35). The molecule has 0 radical (unpaired) electrons. The fraction of sp³-hybridized carbons (Fsp3) is 0.600. The molecule has 10 heteroatoms. The molecule has 0 unspecified atom stereocenters. The largest absolute Gasteiger partial charge is 0.492 e. The minimum absolute atomic E-state index is 0.00696. The van der Waals surface area contributed by atoms with Crippen molar-refractivity contribution in [3.63, 3.8) is 0 Å². The third-order valence-corrected chi connectivity index (χ3v) is 8.04. The molecule has 1 aliphatic heterocycles. The highest BCUT2D eigenvalue weighted by Gasteiger charge is 2.27. The van der Waals surface area contributed by atoms with Crippen LogP contribution in [-0.2, 0) is 4.74 Å². The van der Waals surface area contributed by atoms with Crippen molar-refractivity contribution in [3.8, 4) is 5.75 Å². The summed E-state index contributed by atoms with van der Waals surface area (Å²) < 4.78 is 11.9. The van der Waals surface area contributed by atoms with Crippen molar-refractivity contribution in [1.82, 2.24) is 25.1 Å². The summed E-state index contributed by atoms with van der Waals surface area (Å²) in [4.78, 5) is 24.3. The van der Waals surface area contributed by atoms with Gasteiger partial charge in [0.25, 0.3) is 0 Å². The van der Waals surface area contributed by atoms with Gasteiger partial charge in [-0.15, -0.1) is 11.8 Å². The van der Waals surface area contributed by atoms with E-state index in [0.29, 0.717) is 12.5 Å². The Morgan fingerprint density at radius 2 is 1.82 bits per heavy atom. The number of anilines is 2. The van der Waals surface area contributed by atoms with Crippen LogP contribution in [0.5, 0.6) is 5.75 Å². The summed E-state index contributed by atoms with van der Waals surface area (Å²) in [6.45, 7) is 18.5. The quantitative estimate of drug-likeness (QED) is 0.214. The molecule has 0 aliphatic carbocycles. The van der Waals surface area contributed by atoms with Crippen LogP contribution in [-0.4, -0.2) is 61.2 Å². The second kappa shape index (κ2) is 12.2. The summed E-state index contributed by atoms with van der Waals surface area (Å²) in [7, 11) is 0. The lowest BCUT2D eigenvalue weighted by Crippen LogP contribution is -2.41. The van der Waals surface area contributed by atoms with E-state index >= 15 is 0 Å². The molecule has 2 aromatic heterocycles. The number of ether oxygens (including phenoxy) is 2. The Balaban J connectivity index is 1.40. The summed E-state index contributed by atoms with van der Waals surface area (Å²) in [5.74, 6) is 2.93. The monoisotopic (exact) mass is 568 g/mol. The van der Waals surface area contributed by atoms with Gasteiger partial charge >= 0.3 is 6.09 Å². The number of nitrogens with zero attached hydrogens (tertiary/aromatic N) is 4. The van der Waals surface area contributed by atoms with Gasteiger partial charge in [-0.1, -0.05) is 20.8 Å². The van der Waals surface area contributed by atoms with Crippen molar-refractivity contribution >= 4 is 40.4 Å². The van der Waals surface area contributed by atoms with Crippen LogP contribution in [0.25, 0.3) is 10.9 Å². The molecule has 1 saturated heterocycles. The molecule has 40 heavy (non-hydrogen) atoms. The number of rotatable bonds is 8. The summed E-state index contributed by atoms with van der Waals surface area (Å²) in [5.41, 5.74) is 2.45. The first-order chi connectivity index (χ1) is 18.8. The molecule has 3 heterocycles. The van der Waals surface area contributed by atoms with Gasteiger partial charge in [0.2, 0.25) is 0 Å². The van der Waals surface area contributed by atoms with Crippen molar-refractivity contribution in [2.75, 3.05) is 25.0 Å². The number of hydrogen-bond donors (Lipinski definition) is 2. The SMILES string of the molecule is Cc1[nH]nc(Nc2ncnc3cc(OCCCC4CCN(C(=O)OC(C)(C)C)CC4)c(SC(C)(C)C)cc23)c1C. The van der Waals surface area contributed by atoms with E-state index in [4.69, 9.17) is 9.47 Å². The molecular weight excluding hydrogens is 524 g/mol. The van der Waals surface area contributed by atoms with E-state index in [-0.39, 0.29) is 10.8 Å². The molecule has 0 saturated carbocycles. The Bertz CT molecular complexity index is 1320. The van der Waals surface area contributed by atoms with Crippen LogP contribution in [0.1, 0.15) is 78.5 Å². The van der Waals surface area contributed by atoms with Crippen LogP contribution >= 0.6 is 11.8 Å². The number of likely N-dealkylation sites (tertiary alicyclic amines) is 1. The van der Waals surface area contributed by atoms with E-state index in [1.165, 1.54) is 0 Å². The normalized spacial score (nSPS) is 14.9. The molecule has 0 spiro atoms. The lowest BCUT2D eigenvalue weighted by atomic mass is 9.92. The van der Waals surface area contributed by atoms with Gasteiger partial charge in [-0.25, -0.2) is 14.8 Å². The molecule has 0 bridgehead atoms. The average Bonchev–Trinajstić information content (AvgIpc) is 3.17. The van der Waals surface area contributed by atoms with Crippen molar-refractivity contribution in [2.24, 2.45) is 5.92 Å². The van der Waals surface area contributed by atoms with E-state index in [2.05, 4.69) is 52.3 Å². The molecule has 1 amide bonds. The zero-order valence-corrected chi connectivity index (χ0v) is 26.0. The van der Waals surface area contributed by atoms with Gasteiger partial charge in [-0.05, 0) is 72.3 Å². The molecule has 2 N–H and O–H groups in total. The maximum atomic E-state index is 12.4. The fourth-order valence-corrected chi connectivity index (χ4v) is 5.74. The molecule has 1 aromatic carbocycles. The minimum atomic E-state index is -0.458. The van der Waals surface area contributed by atoms with E-state index < -0.39 is 5.60 Å². The summed E-state index contributed by atoms with van der Waals surface area (Å²) in [6, 6.07) is 4.16. The van der Waals surface area contributed by atoms with E-state index in [9.17, 15) is 4.79 Å².